The van der Waals surface area contributed by atoms with Gasteiger partial charge in [-0.1, -0.05) is 0 Å². The normalized spacial score (nSPS) is 13.9. The van der Waals surface area contributed by atoms with E-state index in [1.165, 1.54) is 7.11 Å². The van der Waals surface area contributed by atoms with E-state index in [0.29, 0.717) is 23.8 Å². The van der Waals surface area contributed by atoms with Crippen molar-refractivity contribution in [2.75, 3.05) is 13.7 Å². The van der Waals surface area contributed by atoms with Gasteiger partial charge in [0.25, 0.3) is 0 Å². The van der Waals surface area contributed by atoms with Crippen molar-refractivity contribution in [3.8, 4) is 11.6 Å². The van der Waals surface area contributed by atoms with E-state index >= 15 is 0 Å². The number of ether oxygens (including phenoxy) is 1. The zero-order valence-corrected chi connectivity index (χ0v) is 11.4. The third-order valence-corrected chi connectivity index (χ3v) is 3.38. The number of aromatic nitrogens is 2. The van der Waals surface area contributed by atoms with Gasteiger partial charge in [0.15, 0.2) is 17.3 Å². The molecule has 104 valence electrons. The quantitative estimate of drug-likeness (QED) is 0.835. The maximum atomic E-state index is 11.9. The number of carbonyl (C=O) groups excluding carboxylic acids is 1. The summed E-state index contributed by atoms with van der Waals surface area (Å²) in [6.07, 6.45) is 2.31. The molecular formula is C14H15N3O3. The van der Waals surface area contributed by atoms with Gasteiger partial charge in [0.1, 0.15) is 0 Å². The van der Waals surface area contributed by atoms with E-state index in [1.807, 2.05) is 13.0 Å². The topological polar surface area (TPSA) is 77.2 Å². The summed E-state index contributed by atoms with van der Waals surface area (Å²) in [5.41, 5.74) is 2.97. The summed E-state index contributed by atoms with van der Waals surface area (Å²) in [4.78, 5) is 20.8. The Morgan fingerprint density at radius 2 is 2.30 bits per heavy atom. The van der Waals surface area contributed by atoms with E-state index < -0.39 is 5.97 Å². The van der Waals surface area contributed by atoms with Crippen LogP contribution in [-0.2, 0) is 17.7 Å². The fourth-order valence-corrected chi connectivity index (χ4v) is 2.33. The lowest BCUT2D eigenvalue weighted by atomic mass is 10.0. The second kappa shape index (κ2) is 5.05. The Kier molecular flexibility index (Phi) is 3.23. The minimum absolute atomic E-state index is 0.338. The highest BCUT2D eigenvalue weighted by Gasteiger charge is 2.24. The molecule has 0 saturated carbocycles. The molecule has 1 aliphatic heterocycles. The molecule has 6 heteroatoms. The molecule has 0 aromatic carbocycles. The summed E-state index contributed by atoms with van der Waals surface area (Å²) in [6.45, 7) is 3.34. The Hall–Kier alpha value is -2.21. The highest BCUT2D eigenvalue weighted by atomic mass is 16.5. The predicted molar refractivity (Wildman–Crippen MR) is 71.2 cm³/mol. The average molecular weight is 273 g/mol. The largest absolute Gasteiger partial charge is 0.464 e. The smallest absolute Gasteiger partial charge is 0.357 e. The zero-order chi connectivity index (χ0) is 14.1. The minimum Gasteiger partial charge on any atom is -0.464 e. The highest BCUT2D eigenvalue weighted by molar-refractivity contribution is 5.89. The van der Waals surface area contributed by atoms with Gasteiger partial charge in [-0.15, -0.1) is 0 Å². The van der Waals surface area contributed by atoms with E-state index in [2.05, 4.69) is 15.3 Å². The average Bonchev–Trinajstić information content (AvgIpc) is 2.91. The third kappa shape index (κ3) is 2.08. The molecule has 20 heavy (non-hydrogen) atoms. The standard InChI is InChI=1S/C14H15N3O3/c1-8-4-6-20-12(8)13-16-10-7-15-5-3-9(10)11(17-13)14(18)19-2/h4,6,15H,3,5,7H2,1-2H3. The summed E-state index contributed by atoms with van der Waals surface area (Å²) in [7, 11) is 1.36. The molecule has 0 radical (unpaired) electrons. The van der Waals surface area contributed by atoms with Crippen LogP contribution in [0.4, 0.5) is 0 Å². The molecule has 0 aliphatic carbocycles. The molecule has 0 unspecified atom stereocenters. The fourth-order valence-electron chi connectivity index (χ4n) is 2.33. The number of rotatable bonds is 2. The summed E-state index contributed by atoms with van der Waals surface area (Å²) < 4.78 is 10.2. The van der Waals surface area contributed by atoms with Crippen molar-refractivity contribution in [3.63, 3.8) is 0 Å². The highest BCUT2D eigenvalue weighted by Crippen LogP contribution is 2.25. The number of furan rings is 1. The van der Waals surface area contributed by atoms with Crippen molar-refractivity contribution in [2.45, 2.75) is 19.9 Å². The lowest BCUT2D eigenvalue weighted by molar-refractivity contribution is 0.0592. The van der Waals surface area contributed by atoms with Crippen LogP contribution in [0.3, 0.4) is 0 Å². The van der Waals surface area contributed by atoms with Gasteiger partial charge >= 0.3 is 5.97 Å². The van der Waals surface area contributed by atoms with Crippen LogP contribution in [0.15, 0.2) is 16.7 Å². The zero-order valence-electron chi connectivity index (χ0n) is 11.4. The minimum atomic E-state index is -0.434. The van der Waals surface area contributed by atoms with Crippen molar-refractivity contribution in [1.29, 1.82) is 0 Å². The van der Waals surface area contributed by atoms with E-state index in [4.69, 9.17) is 9.15 Å². The summed E-state index contributed by atoms with van der Waals surface area (Å²) in [5.74, 6) is 0.579. The lowest BCUT2D eigenvalue weighted by Gasteiger charge is -2.18. The van der Waals surface area contributed by atoms with Gasteiger partial charge < -0.3 is 14.5 Å². The number of hydrogen-bond donors (Lipinski definition) is 1. The molecule has 0 fully saturated rings. The number of esters is 1. The molecule has 0 amide bonds. The second-order valence-corrected chi connectivity index (χ2v) is 4.67. The maximum Gasteiger partial charge on any atom is 0.357 e. The third-order valence-electron chi connectivity index (χ3n) is 3.38. The number of nitrogens with zero attached hydrogens (tertiary/aromatic N) is 2. The summed E-state index contributed by atoms with van der Waals surface area (Å²) in [6, 6.07) is 1.84. The molecule has 3 rings (SSSR count). The molecule has 0 spiro atoms. The maximum absolute atomic E-state index is 11.9. The first-order valence-corrected chi connectivity index (χ1v) is 6.44. The van der Waals surface area contributed by atoms with Crippen LogP contribution in [0.2, 0.25) is 0 Å². The van der Waals surface area contributed by atoms with Gasteiger partial charge in [-0.05, 0) is 31.5 Å². The molecule has 0 bridgehead atoms. The van der Waals surface area contributed by atoms with Crippen LogP contribution < -0.4 is 5.32 Å². The van der Waals surface area contributed by atoms with Crippen LogP contribution in [0, 0.1) is 6.92 Å². The summed E-state index contributed by atoms with van der Waals surface area (Å²) in [5, 5.41) is 3.24. The number of methoxy groups -OCH3 is 1. The van der Waals surface area contributed by atoms with Gasteiger partial charge in [-0.25, -0.2) is 14.8 Å². The van der Waals surface area contributed by atoms with Crippen molar-refractivity contribution in [1.82, 2.24) is 15.3 Å². The van der Waals surface area contributed by atoms with E-state index in [0.717, 1.165) is 29.8 Å². The van der Waals surface area contributed by atoms with Gasteiger partial charge in [0.2, 0.25) is 0 Å². The molecular weight excluding hydrogens is 258 g/mol. The number of carbonyl (C=O) groups is 1. The van der Waals surface area contributed by atoms with Gasteiger partial charge in [-0.3, -0.25) is 0 Å². The predicted octanol–water partition coefficient (Wildman–Crippen LogP) is 1.48. The van der Waals surface area contributed by atoms with Crippen molar-refractivity contribution in [2.24, 2.45) is 0 Å². The second-order valence-electron chi connectivity index (χ2n) is 4.67. The van der Waals surface area contributed by atoms with Crippen molar-refractivity contribution >= 4 is 5.97 Å². The van der Waals surface area contributed by atoms with Crippen LogP contribution in [0.1, 0.15) is 27.3 Å². The number of aryl methyl sites for hydroxylation is 1. The fraction of sp³-hybridized carbons (Fsp3) is 0.357. The van der Waals surface area contributed by atoms with Crippen LogP contribution in [0.5, 0.6) is 0 Å². The number of nitrogens with one attached hydrogen (secondary N) is 1. The Morgan fingerprint density at radius 1 is 1.45 bits per heavy atom. The number of fused-ring (bicyclic) bond motifs is 1. The molecule has 1 N–H and O–H groups in total. The molecule has 6 nitrogen and oxygen atoms in total. The molecule has 2 aromatic heterocycles. The van der Waals surface area contributed by atoms with Crippen molar-refractivity contribution < 1.29 is 13.9 Å². The lowest BCUT2D eigenvalue weighted by Crippen LogP contribution is -2.28. The number of hydrogen-bond acceptors (Lipinski definition) is 6. The molecule has 3 heterocycles. The molecule has 0 atom stereocenters. The monoisotopic (exact) mass is 273 g/mol. The SMILES string of the molecule is COC(=O)c1nc(-c2occc2C)nc2c1CCNC2. The van der Waals surface area contributed by atoms with Gasteiger partial charge in [-0.2, -0.15) is 0 Å². The van der Waals surface area contributed by atoms with Gasteiger partial charge in [0.05, 0.1) is 19.1 Å². The van der Waals surface area contributed by atoms with Crippen LogP contribution in [-0.4, -0.2) is 29.6 Å². The Labute approximate surface area is 116 Å². The first-order valence-electron chi connectivity index (χ1n) is 6.44. The first kappa shape index (κ1) is 12.8. The Balaban J connectivity index is 2.18. The summed E-state index contributed by atoms with van der Waals surface area (Å²) >= 11 is 0. The Bertz CT molecular complexity index is 664. The Morgan fingerprint density at radius 3 is 3.00 bits per heavy atom. The van der Waals surface area contributed by atoms with E-state index in [1.54, 1.807) is 6.26 Å². The first-order chi connectivity index (χ1) is 9.70. The van der Waals surface area contributed by atoms with E-state index in [9.17, 15) is 4.79 Å². The molecule has 2 aromatic rings. The van der Waals surface area contributed by atoms with Crippen molar-refractivity contribution in [3.05, 3.63) is 34.8 Å². The van der Waals surface area contributed by atoms with Gasteiger partial charge in [0, 0.05) is 12.1 Å². The van der Waals surface area contributed by atoms with Crippen LogP contribution in [0.25, 0.3) is 11.6 Å². The van der Waals surface area contributed by atoms with Crippen LogP contribution >= 0.6 is 0 Å². The molecule has 0 saturated heterocycles. The molecule has 1 aliphatic rings. The van der Waals surface area contributed by atoms with E-state index in [-0.39, 0.29) is 0 Å².